The van der Waals surface area contributed by atoms with E-state index in [0.717, 1.165) is 51.3 Å². The largest absolute Gasteiger partial charge is 0.333 e. The summed E-state index contributed by atoms with van der Waals surface area (Å²) in [6, 6.07) is -0.739. The molecule has 7 heteroatoms. The van der Waals surface area contributed by atoms with Gasteiger partial charge < -0.3 is 0 Å². The Morgan fingerprint density at radius 3 is 2.48 bits per heavy atom. The molecule has 3 rings (SSSR count). The molecule has 7 nitrogen and oxygen atoms in total. The first-order chi connectivity index (χ1) is 12.0. The Hall–Kier alpha value is -1.76. The molecule has 3 amide bonds. The normalized spacial score (nSPS) is 24.9. The molecule has 3 aliphatic heterocycles. The molecular formula is C18H30N5O2+. The summed E-state index contributed by atoms with van der Waals surface area (Å²) >= 11 is 0. The second-order valence-electron chi connectivity index (χ2n) is 7.26. The van der Waals surface area contributed by atoms with Crippen molar-refractivity contribution in [3.63, 3.8) is 0 Å². The van der Waals surface area contributed by atoms with Gasteiger partial charge in [-0.3, -0.25) is 19.5 Å². The molecule has 0 spiro atoms. The van der Waals surface area contributed by atoms with E-state index in [1.165, 1.54) is 29.1 Å². The summed E-state index contributed by atoms with van der Waals surface area (Å²) in [6.45, 7) is 5.94. The Morgan fingerprint density at radius 2 is 1.80 bits per heavy atom. The molecule has 0 aromatic heterocycles. The number of aliphatic imine (C=N–C) groups is 1. The van der Waals surface area contributed by atoms with Crippen LogP contribution in [0.5, 0.6) is 0 Å². The summed E-state index contributed by atoms with van der Waals surface area (Å²) in [4.78, 5) is 35.0. The number of unbranched alkanes of at least 4 members (excludes halogenated alkanes) is 2. The average molecular weight is 348 g/mol. The van der Waals surface area contributed by atoms with Crippen LogP contribution in [0, 0.1) is 0 Å². The number of hydrogen-bond donors (Lipinski definition) is 0. The molecule has 3 heterocycles. The first-order valence-corrected chi connectivity index (χ1v) is 9.53. The summed E-state index contributed by atoms with van der Waals surface area (Å²) in [5.74, 6) is 1.38. The SMILES string of the molecule is CCCCC[N+]1=C(CN2CCCCC2)N=C2C1C(=O)N(C)C(=O)N2C. The lowest BCUT2D eigenvalue weighted by atomic mass is 10.1. The Labute approximate surface area is 150 Å². The van der Waals surface area contributed by atoms with Crippen LogP contribution in [0.3, 0.4) is 0 Å². The molecule has 1 unspecified atom stereocenters. The summed E-state index contributed by atoms with van der Waals surface area (Å²) in [5, 5.41) is 0. The number of nitrogens with zero attached hydrogens (tertiary/aromatic N) is 5. The standard InChI is InChI=1S/C18H30N5O2/c1-4-5-7-12-23-14(13-22-10-8-6-9-11-22)19-16-15(23)17(24)21(3)18(25)20(16)2/h15H,4-13H2,1-3H3/q+1. The van der Waals surface area contributed by atoms with Crippen molar-refractivity contribution in [2.24, 2.45) is 4.99 Å². The molecule has 138 valence electrons. The monoisotopic (exact) mass is 348 g/mol. The Morgan fingerprint density at radius 1 is 1.08 bits per heavy atom. The van der Waals surface area contributed by atoms with Crippen molar-refractivity contribution in [3.8, 4) is 0 Å². The van der Waals surface area contributed by atoms with Crippen molar-refractivity contribution in [2.45, 2.75) is 51.5 Å². The van der Waals surface area contributed by atoms with E-state index in [2.05, 4.69) is 16.4 Å². The predicted octanol–water partition coefficient (Wildman–Crippen LogP) is 1.38. The Kier molecular flexibility index (Phi) is 5.51. The summed E-state index contributed by atoms with van der Waals surface area (Å²) in [5.41, 5.74) is 0. The van der Waals surface area contributed by atoms with E-state index in [0.29, 0.717) is 5.84 Å². The summed E-state index contributed by atoms with van der Waals surface area (Å²) in [6.07, 6.45) is 7.05. The zero-order valence-electron chi connectivity index (χ0n) is 15.7. The van der Waals surface area contributed by atoms with Crippen molar-refractivity contribution in [3.05, 3.63) is 0 Å². The number of imide groups is 1. The molecule has 1 atom stereocenters. The third kappa shape index (κ3) is 3.47. The second kappa shape index (κ2) is 7.64. The van der Waals surface area contributed by atoms with Crippen LogP contribution in [-0.4, -0.2) is 89.2 Å². The number of carbonyl (C=O) groups is 2. The number of hydrogen-bond acceptors (Lipinski definition) is 4. The maximum Gasteiger partial charge on any atom is 0.333 e. The van der Waals surface area contributed by atoms with Crippen LogP contribution in [0.15, 0.2) is 4.99 Å². The predicted molar refractivity (Wildman–Crippen MR) is 97.1 cm³/mol. The molecule has 2 fully saturated rings. The molecule has 3 aliphatic rings. The fourth-order valence-electron chi connectivity index (χ4n) is 3.88. The molecule has 0 aromatic carbocycles. The van der Waals surface area contributed by atoms with Gasteiger partial charge in [0.15, 0.2) is 0 Å². The third-order valence-corrected chi connectivity index (χ3v) is 5.43. The van der Waals surface area contributed by atoms with Crippen LogP contribution in [0.4, 0.5) is 4.79 Å². The minimum Gasteiger partial charge on any atom is -0.292 e. The minimum atomic E-state index is -0.440. The quantitative estimate of drug-likeness (QED) is 0.538. The van der Waals surface area contributed by atoms with Gasteiger partial charge in [0.25, 0.3) is 17.8 Å². The first kappa shape index (κ1) is 18.0. The fraction of sp³-hybridized carbons (Fsp3) is 0.778. The van der Waals surface area contributed by atoms with E-state index < -0.39 is 6.04 Å². The van der Waals surface area contributed by atoms with Crippen LogP contribution in [0.1, 0.15) is 45.4 Å². The molecule has 2 saturated heterocycles. The highest BCUT2D eigenvalue weighted by atomic mass is 16.2. The molecule has 0 N–H and O–H groups in total. The molecule has 0 aromatic rings. The van der Waals surface area contributed by atoms with Crippen molar-refractivity contribution in [1.29, 1.82) is 0 Å². The third-order valence-electron chi connectivity index (χ3n) is 5.43. The van der Waals surface area contributed by atoms with Gasteiger partial charge in [-0.05, 0) is 43.8 Å². The van der Waals surface area contributed by atoms with Gasteiger partial charge >= 0.3 is 11.9 Å². The van der Waals surface area contributed by atoms with E-state index in [1.54, 1.807) is 14.1 Å². The number of fused-ring (bicyclic) bond motifs is 1. The van der Waals surface area contributed by atoms with Crippen LogP contribution in [-0.2, 0) is 4.79 Å². The minimum absolute atomic E-state index is 0.160. The zero-order chi connectivity index (χ0) is 18.0. The number of likely N-dealkylation sites (N-methyl/N-ethyl adjacent to an activating group) is 2. The summed E-state index contributed by atoms with van der Waals surface area (Å²) < 4.78 is 2.14. The van der Waals surface area contributed by atoms with Gasteiger partial charge in [-0.25, -0.2) is 9.37 Å². The number of carbonyl (C=O) groups excluding carboxylic acids is 2. The van der Waals surface area contributed by atoms with Crippen molar-refractivity contribution in [1.82, 2.24) is 14.7 Å². The van der Waals surface area contributed by atoms with Gasteiger partial charge in [0.1, 0.15) is 6.54 Å². The average Bonchev–Trinajstić information content (AvgIpc) is 2.98. The van der Waals surface area contributed by atoms with E-state index in [1.807, 2.05) is 0 Å². The van der Waals surface area contributed by atoms with E-state index >= 15 is 0 Å². The maximum absolute atomic E-state index is 12.8. The Balaban J connectivity index is 1.87. The zero-order valence-corrected chi connectivity index (χ0v) is 15.7. The van der Waals surface area contributed by atoms with Crippen molar-refractivity contribution in [2.75, 3.05) is 40.3 Å². The lowest BCUT2D eigenvalue weighted by molar-refractivity contribution is -0.537. The lowest BCUT2D eigenvalue weighted by Gasteiger charge is -2.30. The number of amides is 3. The van der Waals surface area contributed by atoms with Crippen molar-refractivity contribution >= 4 is 23.6 Å². The van der Waals surface area contributed by atoms with Gasteiger partial charge in [0.2, 0.25) is 0 Å². The van der Waals surface area contributed by atoms with Gasteiger partial charge in [-0.1, -0.05) is 19.8 Å². The highest BCUT2D eigenvalue weighted by molar-refractivity contribution is 6.23. The molecule has 25 heavy (non-hydrogen) atoms. The van der Waals surface area contributed by atoms with Crippen LogP contribution >= 0.6 is 0 Å². The highest BCUT2D eigenvalue weighted by Crippen LogP contribution is 2.20. The van der Waals surface area contributed by atoms with Crippen LogP contribution in [0.25, 0.3) is 0 Å². The number of rotatable bonds is 6. The van der Waals surface area contributed by atoms with Crippen molar-refractivity contribution < 1.29 is 14.2 Å². The van der Waals surface area contributed by atoms with Gasteiger partial charge in [-0.2, -0.15) is 0 Å². The first-order valence-electron chi connectivity index (χ1n) is 9.53. The molecule has 0 aliphatic carbocycles. The lowest BCUT2D eigenvalue weighted by Crippen LogP contribution is -2.61. The molecular weight excluding hydrogens is 318 g/mol. The number of likely N-dealkylation sites (tertiary alicyclic amines) is 1. The molecule has 0 saturated carbocycles. The smallest absolute Gasteiger partial charge is 0.292 e. The van der Waals surface area contributed by atoms with Crippen LogP contribution in [0.2, 0.25) is 0 Å². The highest BCUT2D eigenvalue weighted by Gasteiger charge is 2.52. The number of piperidine rings is 1. The maximum atomic E-state index is 12.8. The van der Waals surface area contributed by atoms with Gasteiger partial charge in [0, 0.05) is 14.1 Å². The molecule has 0 bridgehead atoms. The van der Waals surface area contributed by atoms with Gasteiger partial charge in [0.05, 0.1) is 6.54 Å². The van der Waals surface area contributed by atoms with E-state index in [-0.39, 0.29) is 11.9 Å². The van der Waals surface area contributed by atoms with Crippen LogP contribution < -0.4 is 0 Å². The van der Waals surface area contributed by atoms with Gasteiger partial charge in [-0.15, -0.1) is 0 Å². The summed E-state index contributed by atoms with van der Waals surface area (Å²) in [7, 11) is 3.27. The number of amidine groups is 2. The second-order valence-corrected chi connectivity index (χ2v) is 7.26. The number of urea groups is 1. The Bertz CT molecular complexity index is 607. The van der Waals surface area contributed by atoms with E-state index in [4.69, 9.17) is 4.99 Å². The fourth-order valence-corrected chi connectivity index (χ4v) is 3.88. The molecule has 0 radical (unpaired) electrons. The topological polar surface area (TPSA) is 59.2 Å². The van der Waals surface area contributed by atoms with E-state index in [9.17, 15) is 9.59 Å².